The smallest absolute Gasteiger partial charge is 0.416 e. The molecule has 2 unspecified atom stereocenters. The number of nitrogens with zero attached hydrogens (tertiary/aromatic N) is 5. The van der Waals surface area contributed by atoms with Crippen molar-refractivity contribution >= 4 is 16.7 Å². The molecule has 0 saturated carbocycles. The summed E-state index contributed by atoms with van der Waals surface area (Å²) in [4.78, 5) is 8.37. The number of aromatic hydroxyl groups is 1. The standard InChI is InChI=1S/C21H22F3N5O2/c1-28(2)11-15-16(30)7-9-29(15)20-19-14(4-3-8-25-19)18(26-27-20)13-6-5-12(10-17(13)31)21(22,23)24/h3-6,8,10,15-16,30-31H,7,9,11H2,1-2H3. The number of phenolic OH excluding ortho intramolecular Hbond substituents is 1. The van der Waals surface area contributed by atoms with Gasteiger partial charge in [0.2, 0.25) is 0 Å². The van der Waals surface area contributed by atoms with E-state index >= 15 is 0 Å². The number of anilines is 1. The molecule has 3 heterocycles. The zero-order valence-corrected chi connectivity index (χ0v) is 17.0. The van der Waals surface area contributed by atoms with Crippen LogP contribution in [0.1, 0.15) is 12.0 Å². The first-order chi connectivity index (χ1) is 14.7. The molecule has 7 nitrogen and oxygen atoms in total. The van der Waals surface area contributed by atoms with Crippen LogP contribution in [0, 0.1) is 0 Å². The average molecular weight is 433 g/mol. The van der Waals surface area contributed by atoms with Crippen molar-refractivity contribution in [2.24, 2.45) is 0 Å². The third kappa shape index (κ3) is 4.00. The van der Waals surface area contributed by atoms with Crippen LogP contribution < -0.4 is 4.90 Å². The molecule has 0 aliphatic carbocycles. The van der Waals surface area contributed by atoms with Crippen LogP contribution in [-0.2, 0) is 6.18 Å². The number of aliphatic hydroxyl groups is 1. The summed E-state index contributed by atoms with van der Waals surface area (Å²) in [6.07, 6.45) is -2.91. The molecule has 1 fully saturated rings. The lowest BCUT2D eigenvalue weighted by Gasteiger charge is -2.29. The monoisotopic (exact) mass is 433 g/mol. The molecule has 2 atom stereocenters. The van der Waals surface area contributed by atoms with Gasteiger partial charge in [0.25, 0.3) is 0 Å². The Morgan fingerprint density at radius 2 is 1.97 bits per heavy atom. The number of likely N-dealkylation sites (N-methyl/N-ethyl adjacent to an activating group) is 1. The molecule has 2 N–H and O–H groups in total. The summed E-state index contributed by atoms with van der Waals surface area (Å²) in [5.41, 5.74) is -0.0682. The van der Waals surface area contributed by atoms with E-state index in [2.05, 4.69) is 15.2 Å². The molecule has 1 aromatic carbocycles. The summed E-state index contributed by atoms with van der Waals surface area (Å²) in [5.74, 6) is -0.0433. The topological polar surface area (TPSA) is 85.6 Å². The van der Waals surface area contributed by atoms with Crippen LogP contribution in [0.15, 0.2) is 36.5 Å². The fourth-order valence-electron chi connectivity index (χ4n) is 3.97. The number of fused-ring (bicyclic) bond motifs is 1. The van der Waals surface area contributed by atoms with Crippen molar-refractivity contribution in [1.29, 1.82) is 0 Å². The van der Waals surface area contributed by atoms with Crippen molar-refractivity contribution in [2.45, 2.75) is 24.7 Å². The van der Waals surface area contributed by atoms with Crippen LogP contribution in [-0.4, -0.2) is 69.6 Å². The summed E-state index contributed by atoms with van der Waals surface area (Å²) >= 11 is 0. The van der Waals surface area contributed by atoms with Gasteiger partial charge in [-0.05, 0) is 50.8 Å². The first-order valence-electron chi connectivity index (χ1n) is 9.78. The highest BCUT2D eigenvalue weighted by molar-refractivity contribution is 5.98. The first-order valence-corrected chi connectivity index (χ1v) is 9.78. The fourth-order valence-corrected chi connectivity index (χ4v) is 3.97. The summed E-state index contributed by atoms with van der Waals surface area (Å²) < 4.78 is 38.9. The number of halogens is 3. The second kappa shape index (κ2) is 7.93. The van der Waals surface area contributed by atoms with Crippen molar-refractivity contribution < 1.29 is 23.4 Å². The number of aliphatic hydroxyl groups excluding tert-OH is 1. The number of hydrogen-bond acceptors (Lipinski definition) is 7. The first kappa shape index (κ1) is 21.3. The zero-order valence-electron chi connectivity index (χ0n) is 17.0. The van der Waals surface area contributed by atoms with Gasteiger partial charge >= 0.3 is 6.18 Å². The van der Waals surface area contributed by atoms with Gasteiger partial charge in [0.1, 0.15) is 17.0 Å². The predicted molar refractivity (Wildman–Crippen MR) is 110 cm³/mol. The van der Waals surface area contributed by atoms with Crippen LogP contribution in [0.4, 0.5) is 19.0 Å². The SMILES string of the molecule is CN(C)CC1C(O)CCN1c1nnc(-c2ccc(C(F)(F)F)cc2O)c2cccnc12. The molecular formula is C21H22F3N5O2. The average Bonchev–Trinajstić information content (AvgIpc) is 3.06. The Bertz CT molecular complexity index is 1110. The highest BCUT2D eigenvalue weighted by atomic mass is 19.4. The van der Waals surface area contributed by atoms with E-state index in [1.165, 1.54) is 6.07 Å². The molecule has 0 amide bonds. The lowest BCUT2D eigenvalue weighted by atomic mass is 10.0. The minimum Gasteiger partial charge on any atom is -0.507 e. The van der Waals surface area contributed by atoms with Gasteiger partial charge < -0.3 is 20.0 Å². The van der Waals surface area contributed by atoms with Gasteiger partial charge in [-0.25, -0.2) is 0 Å². The van der Waals surface area contributed by atoms with Crippen LogP contribution in [0.2, 0.25) is 0 Å². The predicted octanol–water partition coefficient (Wildman–Crippen LogP) is 2.92. The van der Waals surface area contributed by atoms with Gasteiger partial charge in [0, 0.05) is 30.2 Å². The van der Waals surface area contributed by atoms with E-state index in [-0.39, 0.29) is 17.3 Å². The van der Waals surface area contributed by atoms with Crippen molar-refractivity contribution in [1.82, 2.24) is 20.1 Å². The quantitative estimate of drug-likeness (QED) is 0.654. The number of alkyl halides is 3. The van der Waals surface area contributed by atoms with E-state index in [1.807, 2.05) is 23.9 Å². The number of phenols is 1. The number of benzene rings is 1. The normalized spacial score (nSPS) is 19.5. The maximum Gasteiger partial charge on any atom is 0.416 e. The Labute approximate surface area is 176 Å². The van der Waals surface area contributed by atoms with Crippen LogP contribution in [0.3, 0.4) is 0 Å². The maximum absolute atomic E-state index is 13.0. The molecule has 0 spiro atoms. The third-order valence-electron chi connectivity index (χ3n) is 5.43. The minimum absolute atomic E-state index is 0.136. The second-order valence-electron chi connectivity index (χ2n) is 7.88. The van der Waals surface area contributed by atoms with Crippen molar-refractivity contribution in [3.8, 4) is 17.0 Å². The summed E-state index contributed by atoms with van der Waals surface area (Å²) in [6, 6.07) is 5.99. The molecule has 4 rings (SSSR count). The van der Waals surface area contributed by atoms with Crippen molar-refractivity contribution in [3.63, 3.8) is 0 Å². The fraction of sp³-hybridized carbons (Fsp3) is 0.381. The van der Waals surface area contributed by atoms with E-state index in [1.54, 1.807) is 18.3 Å². The highest BCUT2D eigenvalue weighted by Gasteiger charge is 2.36. The molecule has 3 aromatic rings. The third-order valence-corrected chi connectivity index (χ3v) is 5.43. The van der Waals surface area contributed by atoms with Gasteiger partial charge in [-0.1, -0.05) is 0 Å². The summed E-state index contributed by atoms with van der Waals surface area (Å²) in [5, 5.41) is 29.8. The van der Waals surface area contributed by atoms with Crippen molar-refractivity contribution in [3.05, 3.63) is 42.1 Å². The molecule has 1 aliphatic rings. The number of hydrogen-bond donors (Lipinski definition) is 2. The molecule has 0 radical (unpaired) electrons. The zero-order chi connectivity index (χ0) is 22.3. The Morgan fingerprint density at radius 3 is 2.65 bits per heavy atom. The second-order valence-corrected chi connectivity index (χ2v) is 7.88. The molecule has 31 heavy (non-hydrogen) atoms. The lowest BCUT2D eigenvalue weighted by Crippen LogP contribution is -2.43. The largest absolute Gasteiger partial charge is 0.507 e. The molecule has 2 aromatic heterocycles. The van der Waals surface area contributed by atoms with E-state index in [0.29, 0.717) is 42.3 Å². The van der Waals surface area contributed by atoms with Gasteiger partial charge in [0.05, 0.1) is 17.7 Å². The Balaban J connectivity index is 1.82. The van der Waals surface area contributed by atoms with Gasteiger partial charge in [-0.3, -0.25) is 4.98 Å². The van der Waals surface area contributed by atoms with Crippen LogP contribution in [0.5, 0.6) is 5.75 Å². The lowest BCUT2D eigenvalue weighted by molar-refractivity contribution is -0.137. The van der Waals surface area contributed by atoms with Gasteiger partial charge in [-0.2, -0.15) is 13.2 Å². The minimum atomic E-state index is -4.56. The van der Waals surface area contributed by atoms with Gasteiger partial charge in [0.15, 0.2) is 5.82 Å². The molecule has 10 heteroatoms. The Hall–Kier alpha value is -2.98. The van der Waals surface area contributed by atoms with E-state index < -0.39 is 23.6 Å². The van der Waals surface area contributed by atoms with E-state index in [0.717, 1.165) is 6.07 Å². The Kier molecular flexibility index (Phi) is 5.44. The Morgan fingerprint density at radius 1 is 1.19 bits per heavy atom. The molecule has 0 bridgehead atoms. The molecule has 164 valence electrons. The van der Waals surface area contributed by atoms with Crippen LogP contribution >= 0.6 is 0 Å². The van der Waals surface area contributed by atoms with Gasteiger partial charge in [-0.15, -0.1) is 10.2 Å². The summed E-state index contributed by atoms with van der Waals surface area (Å²) in [7, 11) is 3.84. The number of pyridine rings is 1. The van der Waals surface area contributed by atoms with E-state index in [9.17, 15) is 23.4 Å². The van der Waals surface area contributed by atoms with Crippen LogP contribution in [0.25, 0.3) is 22.2 Å². The van der Waals surface area contributed by atoms with E-state index in [4.69, 9.17) is 0 Å². The molecule has 1 aliphatic heterocycles. The van der Waals surface area contributed by atoms with Crippen molar-refractivity contribution in [2.75, 3.05) is 32.1 Å². The number of rotatable bonds is 4. The summed E-state index contributed by atoms with van der Waals surface area (Å²) in [6.45, 7) is 1.18. The molecular weight excluding hydrogens is 411 g/mol. The number of aromatic nitrogens is 3. The molecule has 1 saturated heterocycles. The highest BCUT2D eigenvalue weighted by Crippen LogP contribution is 2.39. The maximum atomic E-state index is 13.0.